The molecule has 0 N–H and O–H groups in total. The number of oxazole rings is 1. The molecule has 2 nitrogen and oxygen atoms in total. The molecule has 0 radical (unpaired) electrons. The summed E-state index contributed by atoms with van der Waals surface area (Å²) >= 11 is 0. The molecule has 0 atom stereocenters. The lowest BCUT2D eigenvalue weighted by Crippen LogP contribution is -1.80. The molecule has 1 aromatic heterocycles. The molecular weight excluding hydrogens is 174 g/mol. The Morgan fingerprint density at radius 2 is 2.00 bits per heavy atom. The summed E-state index contributed by atoms with van der Waals surface area (Å²) in [5.41, 5.74) is 3.18. The molecule has 70 valence electrons. The first-order valence-electron chi connectivity index (χ1n) is 4.43. The first-order valence-corrected chi connectivity index (χ1v) is 4.43. The third kappa shape index (κ3) is 1.59. The van der Waals surface area contributed by atoms with Gasteiger partial charge in [0.2, 0.25) is 5.89 Å². The number of rotatable bonds is 2. The van der Waals surface area contributed by atoms with Crippen LogP contribution >= 0.6 is 0 Å². The van der Waals surface area contributed by atoms with Gasteiger partial charge in [0.1, 0.15) is 6.26 Å². The monoisotopic (exact) mass is 185 g/mol. The van der Waals surface area contributed by atoms with Gasteiger partial charge in [-0.1, -0.05) is 24.3 Å². The van der Waals surface area contributed by atoms with Crippen LogP contribution in [-0.4, -0.2) is 4.98 Å². The normalized spacial score (nSPS) is 10.1. The molecule has 0 amide bonds. The van der Waals surface area contributed by atoms with Gasteiger partial charge in [0.25, 0.3) is 0 Å². The van der Waals surface area contributed by atoms with Crippen molar-refractivity contribution in [1.82, 2.24) is 4.98 Å². The number of hydrogen-bond acceptors (Lipinski definition) is 2. The van der Waals surface area contributed by atoms with Crippen molar-refractivity contribution in [1.29, 1.82) is 0 Å². The summed E-state index contributed by atoms with van der Waals surface area (Å²) in [6, 6.07) is 8.00. The van der Waals surface area contributed by atoms with Crippen LogP contribution in [0.25, 0.3) is 17.0 Å². The van der Waals surface area contributed by atoms with Gasteiger partial charge in [-0.25, -0.2) is 4.98 Å². The SMILES string of the molecule is C=C(C)c1ccc(-c2ncco2)cc1. The fraction of sp³-hybridized carbons (Fsp3) is 0.0833. The van der Waals surface area contributed by atoms with Crippen LogP contribution in [0.2, 0.25) is 0 Å². The molecule has 0 saturated heterocycles. The number of hydrogen-bond donors (Lipinski definition) is 0. The van der Waals surface area contributed by atoms with Gasteiger partial charge < -0.3 is 4.42 Å². The van der Waals surface area contributed by atoms with Crippen LogP contribution in [0, 0.1) is 0 Å². The van der Waals surface area contributed by atoms with Gasteiger partial charge in [0.15, 0.2) is 0 Å². The van der Waals surface area contributed by atoms with Gasteiger partial charge in [-0.15, -0.1) is 0 Å². The Balaban J connectivity index is 2.36. The Kier molecular flexibility index (Phi) is 2.19. The maximum Gasteiger partial charge on any atom is 0.225 e. The summed E-state index contributed by atoms with van der Waals surface area (Å²) in [7, 11) is 0. The summed E-state index contributed by atoms with van der Waals surface area (Å²) in [5.74, 6) is 0.651. The minimum absolute atomic E-state index is 0.651. The maximum atomic E-state index is 5.19. The van der Waals surface area contributed by atoms with E-state index in [9.17, 15) is 0 Å². The number of allylic oxidation sites excluding steroid dienone is 1. The van der Waals surface area contributed by atoms with E-state index < -0.39 is 0 Å². The summed E-state index contributed by atoms with van der Waals surface area (Å²) in [6.07, 6.45) is 3.21. The molecule has 0 spiro atoms. The van der Waals surface area contributed by atoms with Crippen LogP contribution in [0.1, 0.15) is 12.5 Å². The van der Waals surface area contributed by atoms with Gasteiger partial charge in [0, 0.05) is 5.56 Å². The standard InChI is InChI=1S/C12H11NO/c1-9(2)10-3-5-11(6-4-10)12-13-7-8-14-12/h3-8H,1H2,2H3. The molecule has 0 aliphatic carbocycles. The van der Waals surface area contributed by atoms with Crippen molar-refractivity contribution >= 4 is 5.57 Å². The van der Waals surface area contributed by atoms with Gasteiger partial charge in [-0.3, -0.25) is 0 Å². The van der Waals surface area contributed by atoms with E-state index in [0.29, 0.717) is 5.89 Å². The van der Waals surface area contributed by atoms with Gasteiger partial charge in [-0.2, -0.15) is 0 Å². The van der Waals surface area contributed by atoms with E-state index in [-0.39, 0.29) is 0 Å². The lowest BCUT2D eigenvalue weighted by molar-refractivity contribution is 0.574. The highest BCUT2D eigenvalue weighted by Gasteiger charge is 2.01. The molecular formula is C12H11NO. The first-order chi connectivity index (χ1) is 6.77. The summed E-state index contributed by atoms with van der Waals surface area (Å²) in [4.78, 5) is 4.07. The Hall–Kier alpha value is -1.83. The third-order valence-electron chi connectivity index (χ3n) is 2.06. The smallest absolute Gasteiger partial charge is 0.225 e. The fourth-order valence-corrected chi connectivity index (χ4v) is 1.26. The predicted octanol–water partition coefficient (Wildman–Crippen LogP) is 3.37. The third-order valence-corrected chi connectivity index (χ3v) is 2.06. The summed E-state index contributed by atoms with van der Waals surface area (Å²) in [6.45, 7) is 5.86. The zero-order valence-corrected chi connectivity index (χ0v) is 8.03. The quantitative estimate of drug-likeness (QED) is 0.716. The van der Waals surface area contributed by atoms with E-state index in [1.54, 1.807) is 12.5 Å². The Bertz CT molecular complexity index is 426. The maximum absolute atomic E-state index is 5.19. The number of benzene rings is 1. The van der Waals surface area contributed by atoms with E-state index in [2.05, 4.69) is 11.6 Å². The van der Waals surface area contributed by atoms with Crippen LogP contribution in [0.3, 0.4) is 0 Å². The molecule has 0 bridgehead atoms. The fourth-order valence-electron chi connectivity index (χ4n) is 1.26. The van der Waals surface area contributed by atoms with Crippen LogP contribution in [-0.2, 0) is 0 Å². The highest BCUT2D eigenvalue weighted by atomic mass is 16.3. The molecule has 2 rings (SSSR count). The second-order valence-corrected chi connectivity index (χ2v) is 3.19. The van der Waals surface area contributed by atoms with Crippen LogP contribution in [0.15, 0.2) is 47.7 Å². The van der Waals surface area contributed by atoms with Crippen molar-refractivity contribution in [3.05, 3.63) is 48.9 Å². The molecule has 0 aliphatic rings. The lowest BCUT2D eigenvalue weighted by Gasteiger charge is -2.00. The van der Waals surface area contributed by atoms with Crippen LogP contribution < -0.4 is 0 Å². The van der Waals surface area contributed by atoms with Gasteiger partial charge >= 0.3 is 0 Å². The molecule has 1 aromatic carbocycles. The number of nitrogens with zero attached hydrogens (tertiary/aromatic N) is 1. The average Bonchev–Trinajstić information content (AvgIpc) is 2.71. The Labute approximate surface area is 82.9 Å². The molecule has 0 saturated carbocycles. The molecule has 0 fully saturated rings. The van der Waals surface area contributed by atoms with Crippen LogP contribution in [0.4, 0.5) is 0 Å². The molecule has 0 unspecified atom stereocenters. The average molecular weight is 185 g/mol. The van der Waals surface area contributed by atoms with Crippen molar-refractivity contribution in [2.45, 2.75) is 6.92 Å². The highest BCUT2D eigenvalue weighted by molar-refractivity contribution is 5.64. The van der Waals surface area contributed by atoms with E-state index in [1.165, 1.54) is 0 Å². The lowest BCUT2D eigenvalue weighted by atomic mass is 10.1. The van der Waals surface area contributed by atoms with E-state index in [4.69, 9.17) is 4.42 Å². The van der Waals surface area contributed by atoms with E-state index in [1.807, 2.05) is 31.2 Å². The largest absolute Gasteiger partial charge is 0.445 e. The predicted molar refractivity (Wildman–Crippen MR) is 56.6 cm³/mol. The van der Waals surface area contributed by atoms with Crippen molar-refractivity contribution in [2.24, 2.45) is 0 Å². The van der Waals surface area contributed by atoms with E-state index >= 15 is 0 Å². The number of aromatic nitrogens is 1. The molecule has 1 heterocycles. The highest BCUT2D eigenvalue weighted by Crippen LogP contribution is 2.19. The topological polar surface area (TPSA) is 26.0 Å². The second kappa shape index (κ2) is 3.50. The van der Waals surface area contributed by atoms with Gasteiger partial charge in [-0.05, 0) is 24.6 Å². The molecule has 2 aromatic rings. The Morgan fingerprint density at radius 3 is 2.50 bits per heavy atom. The zero-order valence-electron chi connectivity index (χ0n) is 8.03. The van der Waals surface area contributed by atoms with E-state index in [0.717, 1.165) is 16.7 Å². The zero-order chi connectivity index (χ0) is 9.97. The minimum atomic E-state index is 0.651. The Morgan fingerprint density at radius 1 is 1.29 bits per heavy atom. The second-order valence-electron chi connectivity index (χ2n) is 3.19. The summed E-state index contributed by atoms with van der Waals surface area (Å²) in [5, 5.41) is 0. The molecule has 14 heavy (non-hydrogen) atoms. The molecule has 0 aliphatic heterocycles. The summed E-state index contributed by atoms with van der Waals surface area (Å²) < 4.78 is 5.19. The molecule has 2 heteroatoms. The first kappa shape index (κ1) is 8.75. The van der Waals surface area contributed by atoms with Crippen LogP contribution in [0.5, 0.6) is 0 Å². The van der Waals surface area contributed by atoms with Crippen molar-refractivity contribution in [3.63, 3.8) is 0 Å². The minimum Gasteiger partial charge on any atom is -0.445 e. The van der Waals surface area contributed by atoms with Crippen molar-refractivity contribution in [3.8, 4) is 11.5 Å². The van der Waals surface area contributed by atoms with Crippen molar-refractivity contribution in [2.75, 3.05) is 0 Å². The van der Waals surface area contributed by atoms with Crippen molar-refractivity contribution < 1.29 is 4.42 Å². The van der Waals surface area contributed by atoms with Gasteiger partial charge in [0.05, 0.1) is 6.20 Å².